The number of aryl methyl sites for hydroxylation is 1. The van der Waals surface area contributed by atoms with Crippen LogP contribution in [-0.4, -0.2) is 35.9 Å². The molecule has 0 spiro atoms. The van der Waals surface area contributed by atoms with Crippen LogP contribution < -0.4 is 9.46 Å². The van der Waals surface area contributed by atoms with Crippen molar-refractivity contribution in [3.8, 4) is 5.75 Å². The molecule has 0 unspecified atom stereocenters. The van der Waals surface area contributed by atoms with Gasteiger partial charge in [-0.2, -0.15) is 5.10 Å². The van der Waals surface area contributed by atoms with E-state index in [1.54, 1.807) is 30.8 Å². The maximum atomic E-state index is 12.8. The van der Waals surface area contributed by atoms with Gasteiger partial charge in [-0.3, -0.25) is 9.40 Å². The van der Waals surface area contributed by atoms with Gasteiger partial charge in [0.25, 0.3) is 10.0 Å². The highest BCUT2D eigenvalue weighted by Crippen LogP contribution is 2.30. The van der Waals surface area contributed by atoms with Crippen molar-refractivity contribution in [1.82, 2.24) is 9.78 Å². The van der Waals surface area contributed by atoms with E-state index in [4.69, 9.17) is 9.84 Å². The molecule has 0 bridgehead atoms. The van der Waals surface area contributed by atoms with Crippen LogP contribution in [0.25, 0.3) is 0 Å². The molecule has 142 valence electrons. The van der Waals surface area contributed by atoms with Gasteiger partial charge in [-0.05, 0) is 46.2 Å². The van der Waals surface area contributed by atoms with E-state index in [0.29, 0.717) is 16.8 Å². The summed E-state index contributed by atoms with van der Waals surface area (Å²) in [6.07, 6.45) is 3.05. The molecule has 0 aliphatic carbocycles. The molecule has 26 heavy (non-hydrogen) atoms. The lowest BCUT2D eigenvalue weighted by atomic mass is 10.1. The summed E-state index contributed by atoms with van der Waals surface area (Å²) in [5, 5.41) is 13.0. The fourth-order valence-corrected chi connectivity index (χ4v) is 3.68. The van der Waals surface area contributed by atoms with E-state index in [9.17, 15) is 13.2 Å². The van der Waals surface area contributed by atoms with E-state index < -0.39 is 22.6 Å². The molecule has 0 aliphatic rings. The van der Waals surface area contributed by atoms with Crippen LogP contribution in [0.15, 0.2) is 29.4 Å². The Morgan fingerprint density at radius 1 is 1.31 bits per heavy atom. The van der Waals surface area contributed by atoms with E-state index in [0.717, 1.165) is 0 Å². The van der Waals surface area contributed by atoms with Gasteiger partial charge in [0.15, 0.2) is 6.61 Å². The van der Waals surface area contributed by atoms with E-state index in [2.05, 4.69) is 9.82 Å². The second-order valence-electron chi connectivity index (χ2n) is 6.97. The number of aromatic nitrogens is 2. The lowest BCUT2D eigenvalue weighted by Gasteiger charge is -2.18. The Kier molecular flexibility index (Phi) is 5.31. The van der Waals surface area contributed by atoms with Crippen molar-refractivity contribution in [1.29, 1.82) is 0 Å². The molecule has 0 fully saturated rings. The highest BCUT2D eigenvalue weighted by molar-refractivity contribution is 7.92. The average Bonchev–Trinajstić information content (AvgIpc) is 2.94. The van der Waals surface area contributed by atoms with Crippen LogP contribution in [0.5, 0.6) is 5.75 Å². The van der Waals surface area contributed by atoms with Gasteiger partial charge < -0.3 is 9.84 Å². The van der Waals surface area contributed by atoms with Crippen molar-refractivity contribution >= 4 is 21.7 Å². The Morgan fingerprint density at radius 3 is 2.50 bits per heavy atom. The van der Waals surface area contributed by atoms with E-state index in [-0.39, 0.29) is 16.2 Å². The third-order valence-electron chi connectivity index (χ3n) is 3.70. The first kappa shape index (κ1) is 19.8. The summed E-state index contributed by atoms with van der Waals surface area (Å²) in [7, 11) is -3.88. The molecule has 0 saturated heterocycles. The molecule has 9 heteroatoms. The summed E-state index contributed by atoms with van der Waals surface area (Å²) in [5.41, 5.74) is 1.07. The van der Waals surface area contributed by atoms with Gasteiger partial charge in [-0.1, -0.05) is 6.07 Å². The van der Waals surface area contributed by atoms with Crippen LogP contribution in [0.3, 0.4) is 0 Å². The van der Waals surface area contributed by atoms with Gasteiger partial charge in [0, 0.05) is 11.8 Å². The fraction of sp³-hybridized carbons (Fsp3) is 0.412. The van der Waals surface area contributed by atoms with E-state index in [1.807, 2.05) is 20.8 Å². The number of anilines is 1. The van der Waals surface area contributed by atoms with Crippen molar-refractivity contribution < 1.29 is 23.1 Å². The fourth-order valence-electron chi connectivity index (χ4n) is 2.41. The topological polar surface area (TPSA) is 111 Å². The first-order valence-electron chi connectivity index (χ1n) is 7.94. The molecule has 2 aromatic rings. The number of ether oxygens (including phenoxy) is 1. The van der Waals surface area contributed by atoms with Crippen molar-refractivity contribution in [2.45, 2.75) is 45.1 Å². The molecule has 1 aromatic heterocycles. The van der Waals surface area contributed by atoms with Crippen LogP contribution in [0.2, 0.25) is 0 Å². The molecule has 0 aliphatic heterocycles. The predicted molar refractivity (Wildman–Crippen MR) is 97.1 cm³/mol. The van der Waals surface area contributed by atoms with E-state index in [1.165, 1.54) is 12.3 Å². The SMILES string of the molecule is Cc1ccc(S(=O)(=O)Nc2cnn(C(C)(C)C)c2)c(C)c1OCC(=O)O. The van der Waals surface area contributed by atoms with Crippen molar-refractivity contribution in [2.24, 2.45) is 0 Å². The maximum Gasteiger partial charge on any atom is 0.341 e. The number of sulfonamides is 1. The Bertz CT molecular complexity index is 926. The quantitative estimate of drug-likeness (QED) is 0.795. The number of hydrogen-bond donors (Lipinski definition) is 2. The lowest BCUT2D eigenvalue weighted by Crippen LogP contribution is -2.22. The first-order chi connectivity index (χ1) is 11.9. The Hall–Kier alpha value is -2.55. The summed E-state index contributed by atoms with van der Waals surface area (Å²) in [6, 6.07) is 3.05. The van der Waals surface area contributed by atoms with Crippen LogP contribution in [0.4, 0.5) is 5.69 Å². The summed E-state index contributed by atoms with van der Waals surface area (Å²) in [5.74, 6) is -0.884. The molecule has 0 amide bonds. The Labute approximate surface area is 152 Å². The van der Waals surface area contributed by atoms with Gasteiger partial charge in [-0.15, -0.1) is 0 Å². The zero-order valence-electron chi connectivity index (χ0n) is 15.4. The highest BCUT2D eigenvalue weighted by atomic mass is 32.2. The third-order valence-corrected chi connectivity index (χ3v) is 5.23. The summed E-state index contributed by atoms with van der Waals surface area (Å²) < 4.78 is 34.9. The third kappa shape index (κ3) is 4.34. The number of nitrogens with one attached hydrogen (secondary N) is 1. The summed E-state index contributed by atoms with van der Waals surface area (Å²) in [6.45, 7) is 8.62. The predicted octanol–water partition coefficient (Wildman–Crippen LogP) is 2.52. The van der Waals surface area contributed by atoms with Gasteiger partial charge >= 0.3 is 5.97 Å². The molecule has 2 N–H and O–H groups in total. The molecule has 8 nitrogen and oxygen atoms in total. The minimum absolute atomic E-state index is 0.0204. The Balaban J connectivity index is 2.35. The molecular formula is C17H23N3O5S. The summed E-state index contributed by atoms with van der Waals surface area (Å²) in [4.78, 5) is 10.8. The van der Waals surface area contributed by atoms with Gasteiger partial charge in [0.1, 0.15) is 5.75 Å². The van der Waals surface area contributed by atoms with Gasteiger partial charge in [-0.25, -0.2) is 13.2 Å². The zero-order valence-corrected chi connectivity index (χ0v) is 16.2. The monoisotopic (exact) mass is 381 g/mol. The number of carbonyl (C=O) groups is 1. The van der Waals surface area contributed by atoms with Crippen molar-refractivity contribution in [3.05, 3.63) is 35.7 Å². The minimum atomic E-state index is -3.88. The number of aliphatic carboxylic acids is 1. The van der Waals surface area contributed by atoms with Gasteiger partial charge in [0.05, 0.1) is 22.3 Å². The van der Waals surface area contributed by atoms with Crippen LogP contribution >= 0.6 is 0 Å². The van der Waals surface area contributed by atoms with Crippen LogP contribution in [-0.2, 0) is 20.4 Å². The smallest absolute Gasteiger partial charge is 0.341 e. The number of carboxylic acids is 1. The molecule has 0 atom stereocenters. The number of nitrogens with zero attached hydrogens (tertiary/aromatic N) is 2. The second-order valence-corrected chi connectivity index (χ2v) is 8.62. The van der Waals surface area contributed by atoms with Crippen LogP contribution in [0.1, 0.15) is 31.9 Å². The highest BCUT2D eigenvalue weighted by Gasteiger charge is 2.22. The number of benzene rings is 1. The van der Waals surface area contributed by atoms with Crippen LogP contribution in [0, 0.1) is 13.8 Å². The standard InChI is InChI=1S/C17H23N3O5S/c1-11-6-7-14(12(2)16(11)25-10-15(21)22)26(23,24)19-13-8-18-20(9-13)17(3,4)5/h6-9,19H,10H2,1-5H3,(H,21,22). The Morgan fingerprint density at radius 2 is 1.96 bits per heavy atom. The van der Waals surface area contributed by atoms with Crippen molar-refractivity contribution in [3.63, 3.8) is 0 Å². The molecule has 0 saturated carbocycles. The number of rotatable bonds is 6. The number of carboxylic acid groups (broad SMARTS) is 1. The number of hydrogen-bond acceptors (Lipinski definition) is 5. The summed E-state index contributed by atoms with van der Waals surface area (Å²) >= 11 is 0. The minimum Gasteiger partial charge on any atom is -0.481 e. The van der Waals surface area contributed by atoms with E-state index >= 15 is 0 Å². The largest absolute Gasteiger partial charge is 0.481 e. The average molecular weight is 381 g/mol. The van der Waals surface area contributed by atoms with Gasteiger partial charge in [0.2, 0.25) is 0 Å². The lowest BCUT2D eigenvalue weighted by molar-refractivity contribution is -0.139. The second kappa shape index (κ2) is 6.99. The maximum absolute atomic E-state index is 12.8. The molecule has 1 aromatic carbocycles. The first-order valence-corrected chi connectivity index (χ1v) is 9.43. The molecule has 0 radical (unpaired) electrons. The molecular weight excluding hydrogens is 358 g/mol. The van der Waals surface area contributed by atoms with Crippen molar-refractivity contribution in [2.75, 3.05) is 11.3 Å². The zero-order chi connectivity index (χ0) is 19.7. The normalized spacial score (nSPS) is 12.0. The molecule has 1 heterocycles. The molecule has 2 rings (SSSR count).